The predicted molar refractivity (Wildman–Crippen MR) is 123 cm³/mol. The zero-order valence-electron chi connectivity index (χ0n) is 17.1. The largest absolute Gasteiger partial charge is 0.456 e. The first kappa shape index (κ1) is 21.1. The summed E-state index contributed by atoms with van der Waals surface area (Å²) in [6, 6.07) is 14.8. The number of nitro groups is 1. The first-order valence-electron chi connectivity index (χ1n) is 9.58. The van der Waals surface area contributed by atoms with Gasteiger partial charge < -0.3 is 4.42 Å². The van der Waals surface area contributed by atoms with Crippen LogP contribution in [0.2, 0.25) is 0 Å². The van der Waals surface area contributed by atoms with Crippen LogP contribution in [-0.2, 0) is 9.59 Å². The monoisotopic (exact) mass is 447 g/mol. The van der Waals surface area contributed by atoms with Crippen molar-refractivity contribution >= 4 is 46.6 Å². The number of furan rings is 1. The number of carbonyl (C=O) groups is 2. The lowest BCUT2D eigenvalue weighted by Crippen LogP contribution is -2.54. The van der Waals surface area contributed by atoms with Crippen molar-refractivity contribution in [1.82, 2.24) is 5.32 Å². The summed E-state index contributed by atoms with van der Waals surface area (Å²) in [6.45, 7) is 3.74. The molecule has 1 N–H and O–H groups in total. The number of aryl methyl sites for hydroxylation is 2. The van der Waals surface area contributed by atoms with Gasteiger partial charge in [-0.3, -0.25) is 29.9 Å². The molecule has 32 heavy (non-hydrogen) atoms. The molecular weight excluding hydrogens is 430 g/mol. The van der Waals surface area contributed by atoms with Crippen LogP contribution in [0.25, 0.3) is 17.4 Å². The fourth-order valence-corrected chi connectivity index (χ4v) is 3.67. The third-order valence-corrected chi connectivity index (χ3v) is 5.27. The average molecular weight is 447 g/mol. The number of rotatable bonds is 4. The number of hydrogen-bond acceptors (Lipinski definition) is 6. The number of thiocarbonyl (C=S) groups is 1. The van der Waals surface area contributed by atoms with Gasteiger partial charge in [0, 0.05) is 6.07 Å². The van der Waals surface area contributed by atoms with E-state index in [1.807, 2.05) is 32.0 Å². The van der Waals surface area contributed by atoms with Crippen LogP contribution in [0, 0.1) is 24.0 Å². The minimum absolute atomic E-state index is 0.00843. The molecule has 0 aliphatic carbocycles. The van der Waals surface area contributed by atoms with Crippen LogP contribution in [0.3, 0.4) is 0 Å². The van der Waals surface area contributed by atoms with Crippen molar-refractivity contribution in [3.05, 3.63) is 87.2 Å². The van der Waals surface area contributed by atoms with Crippen LogP contribution >= 0.6 is 12.2 Å². The smallest absolute Gasteiger partial charge is 0.280 e. The van der Waals surface area contributed by atoms with Gasteiger partial charge in [-0.2, -0.15) is 0 Å². The van der Waals surface area contributed by atoms with Crippen molar-refractivity contribution in [2.24, 2.45) is 0 Å². The van der Waals surface area contributed by atoms with Gasteiger partial charge in [-0.25, -0.2) is 0 Å². The van der Waals surface area contributed by atoms with Gasteiger partial charge >= 0.3 is 0 Å². The van der Waals surface area contributed by atoms with Crippen LogP contribution in [0.1, 0.15) is 16.9 Å². The molecule has 2 amide bonds. The topological polar surface area (TPSA) is 106 Å². The molecule has 0 spiro atoms. The third kappa shape index (κ3) is 3.81. The van der Waals surface area contributed by atoms with Gasteiger partial charge in [-0.1, -0.05) is 24.3 Å². The second-order valence-corrected chi connectivity index (χ2v) is 7.61. The first-order chi connectivity index (χ1) is 15.3. The Hall–Kier alpha value is -4.11. The molecule has 2 heterocycles. The Kier molecular flexibility index (Phi) is 5.41. The highest BCUT2D eigenvalue weighted by Gasteiger charge is 2.35. The third-order valence-electron chi connectivity index (χ3n) is 4.99. The molecule has 9 heteroatoms. The number of amides is 2. The SMILES string of the molecule is Cc1ccc(C)c(N2C(=O)/C(=C\c3ccc(-c4ccccc4[N+](=O)[O-])o3)C(=O)NC2=S)c1. The van der Waals surface area contributed by atoms with Crippen LogP contribution in [-0.4, -0.2) is 21.9 Å². The summed E-state index contributed by atoms with van der Waals surface area (Å²) in [6.07, 6.45) is 1.30. The van der Waals surface area contributed by atoms with Gasteiger partial charge in [-0.15, -0.1) is 0 Å². The molecule has 0 bridgehead atoms. The number of benzene rings is 2. The van der Waals surface area contributed by atoms with E-state index in [4.69, 9.17) is 16.6 Å². The van der Waals surface area contributed by atoms with E-state index in [1.54, 1.807) is 24.3 Å². The lowest BCUT2D eigenvalue weighted by molar-refractivity contribution is -0.384. The number of anilines is 1. The minimum Gasteiger partial charge on any atom is -0.456 e. The maximum absolute atomic E-state index is 13.2. The van der Waals surface area contributed by atoms with E-state index in [-0.39, 0.29) is 27.9 Å². The molecule has 0 radical (unpaired) electrons. The second kappa shape index (κ2) is 8.20. The Bertz CT molecular complexity index is 1320. The number of nitrogens with one attached hydrogen (secondary N) is 1. The van der Waals surface area contributed by atoms with Crippen LogP contribution in [0.5, 0.6) is 0 Å². The quantitative estimate of drug-likeness (QED) is 0.210. The van der Waals surface area contributed by atoms with Gasteiger partial charge in [0.1, 0.15) is 17.1 Å². The molecule has 1 fully saturated rings. The number of para-hydroxylation sites is 1. The summed E-state index contributed by atoms with van der Waals surface area (Å²) in [5.41, 5.74) is 2.34. The molecule has 2 aromatic carbocycles. The predicted octanol–water partition coefficient (Wildman–Crippen LogP) is 4.30. The second-order valence-electron chi connectivity index (χ2n) is 7.22. The molecule has 1 aliphatic rings. The summed E-state index contributed by atoms with van der Waals surface area (Å²) in [5.74, 6) is -0.790. The molecule has 0 unspecified atom stereocenters. The average Bonchev–Trinajstić information content (AvgIpc) is 3.22. The Balaban J connectivity index is 1.72. The van der Waals surface area contributed by atoms with Crippen molar-refractivity contribution < 1.29 is 18.9 Å². The highest BCUT2D eigenvalue weighted by atomic mass is 32.1. The number of nitro benzene ring substituents is 1. The summed E-state index contributed by atoms with van der Waals surface area (Å²) in [5, 5.41) is 13.8. The first-order valence-corrected chi connectivity index (χ1v) is 9.99. The van der Waals surface area contributed by atoms with E-state index in [9.17, 15) is 19.7 Å². The summed E-state index contributed by atoms with van der Waals surface area (Å²) < 4.78 is 5.71. The Morgan fingerprint density at radius 1 is 1.09 bits per heavy atom. The lowest BCUT2D eigenvalue weighted by atomic mass is 10.1. The van der Waals surface area contributed by atoms with Gasteiger partial charge in [-0.05, 0) is 67.5 Å². The molecule has 0 saturated carbocycles. The van der Waals surface area contributed by atoms with Gasteiger partial charge in [0.05, 0.1) is 16.2 Å². The zero-order valence-corrected chi connectivity index (χ0v) is 17.9. The van der Waals surface area contributed by atoms with Crippen molar-refractivity contribution in [2.45, 2.75) is 13.8 Å². The molecule has 0 atom stereocenters. The number of nitrogens with zero attached hydrogens (tertiary/aromatic N) is 2. The van der Waals surface area contributed by atoms with Crippen LogP contribution in [0.15, 0.2) is 64.6 Å². The van der Waals surface area contributed by atoms with E-state index >= 15 is 0 Å². The standard InChI is InChI=1S/C23H17N3O5S/c1-13-7-8-14(2)19(11-13)25-22(28)17(21(27)24-23(25)32)12-15-9-10-20(31-15)16-5-3-4-6-18(16)26(29)30/h3-12H,1-2H3,(H,24,27,32)/b17-12-. The molecule has 4 rings (SSSR count). The lowest BCUT2D eigenvalue weighted by Gasteiger charge is -2.30. The van der Waals surface area contributed by atoms with Gasteiger partial charge in [0.25, 0.3) is 17.5 Å². The fraction of sp³-hybridized carbons (Fsp3) is 0.0870. The Morgan fingerprint density at radius 3 is 2.59 bits per heavy atom. The Morgan fingerprint density at radius 2 is 1.84 bits per heavy atom. The minimum atomic E-state index is -0.648. The van der Waals surface area contributed by atoms with Crippen LogP contribution < -0.4 is 10.2 Å². The molecule has 3 aromatic rings. The molecule has 160 valence electrons. The summed E-state index contributed by atoms with van der Waals surface area (Å²) >= 11 is 5.25. The molecular formula is C23H17N3O5S. The van der Waals surface area contributed by atoms with E-state index in [0.29, 0.717) is 11.3 Å². The molecule has 1 saturated heterocycles. The van der Waals surface area contributed by atoms with Crippen LogP contribution in [0.4, 0.5) is 11.4 Å². The summed E-state index contributed by atoms with van der Waals surface area (Å²) in [7, 11) is 0. The number of hydrogen-bond donors (Lipinski definition) is 1. The van der Waals surface area contributed by atoms with E-state index in [1.165, 1.54) is 23.1 Å². The molecule has 8 nitrogen and oxygen atoms in total. The highest BCUT2D eigenvalue weighted by molar-refractivity contribution is 7.80. The van der Waals surface area contributed by atoms with Crippen molar-refractivity contribution in [3.63, 3.8) is 0 Å². The van der Waals surface area contributed by atoms with Crippen molar-refractivity contribution in [1.29, 1.82) is 0 Å². The molecule has 1 aliphatic heterocycles. The number of carbonyl (C=O) groups excluding carboxylic acids is 2. The maximum Gasteiger partial charge on any atom is 0.280 e. The molecule has 1 aromatic heterocycles. The fourth-order valence-electron chi connectivity index (χ4n) is 3.40. The van der Waals surface area contributed by atoms with Gasteiger partial charge in [0.2, 0.25) is 0 Å². The summed E-state index contributed by atoms with van der Waals surface area (Å²) in [4.78, 5) is 37.8. The van der Waals surface area contributed by atoms with E-state index in [0.717, 1.165) is 11.1 Å². The van der Waals surface area contributed by atoms with Crippen molar-refractivity contribution in [2.75, 3.05) is 4.90 Å². The normalized spacial score (nSPS) is 15.2. The highest BCUT2D eigenvalue weighted by Crippen LogP contribution is 2.32. The zero-order chi connectivity index (χ0) is 23.0. The van der Waals surface area contributed by atoms with Gasteiger partial charge in [0.15, 0.2) is 5.11 Å². The van der Waals surface area contributed by atoms with E-state index < -0.39 is 16.7 Å². The van der Waals surface area contributed by atoms with E-state index in [2.05, 4.69) is 5.32 Å². The van der Waals surface area contributed by atoms with Crippen molar-refractivity contribution in [3.8, 4) is 11.3 Å². The Labute approximate surface area is 188 Å². The maximum atomic E-state index is 13.2.